The molecule has 0 spiro atoms. The van der Waals surface area contributed by atoms with Crippen molar-refractivity contribution in [3.8, 4) is 0 Å². The van der Waals surface area contributed by atoms with Crippen molar-refractivity contribution >= 4 is 0 Å². The molecular weight excluding hydrogens is 288 g/mol. The Morgan fingerprint density at radius 3 is 1.71 bits per heavy atom. The molecule has 2 aliphatic rings. The minimum absolute atomic E-state index is 0.565. The van der Waals surface area contributed by atoms with Crippen LogP contribution >= 0.6 is 0 Å². The van der Waals surface area contributed by atoms with E-state index in [1.165, 1.54) is 57.8 Å². The van der Waals surface area contributed by atoms with Crippen molar-refractivity contribution in [2.75, 3.05) is 0 Å². The van der Waals surface area contributed by atoms with Crippen LogP contribution in [0.15, 0.2) is 0 Å². The number of hydrogen-bond acceptors (Lipinski definition) is 0. The Morgan fingerprint density at radius 1 is 0.667 bits per heavy atom. The van der Waals surface area contributed by atoms with Gasteiger partial charge in [0.25, 0.3) is 0 Å². The van der Waals surface area contributed by atoms with Gasteiger partial charge in [-0.15, -0.1) is 0 Å². The van der Waals surface area contributed by atoms with Crippen LogP contribution in [-0.2, 0) is 0 Å². The Labute approximate surface area is 155 Å². The lowest BCUT2D eigenvalue weighted by atomic mass is 9.68. The van der Waals surface area contributed by atoms with Gasteiger partial charge in [-0.25, -0.2) is 0 Å². The van der Waals surface area contributed by atoms with Crippen LogP contribution in [0.3, 0.4) is 0 Å². The van der Waals surface area contributed by atoms with Crippen LogP contribution in [0.5, 0.6) is 0 Å². The first-order valence-electron chi connectivity index (χ1n) is 11.4. The summed E-state index contributed by atoms with van der Waals surface area (Å²) in [5.74, 6) is 4.93. The highest BCUT2D eigenvalue weighted by Crippen LogP contribution is 2.44. The van der Waals surface area contributed by atoms with E-state index in [0.29, 0.717) is 5.41 Å². The zero-order valence-corrected chi connectivity index (χ0v) is 18.8. The zero-order chi connectivity index (χ0) is 18.8. The van der Waals surface area contributed by atoms with E-state index in [0.717, 1.165) is 29.6 Å². The molecule has 0 heterocycles. The SMILES string of the molecule is CC.CC.CC1CC(C)C(C)CCC2CCC2CCCC(C)(C)C1. The number of rotatable bonds is 0. The van der Waals surface area contributed by atoms with E-state index in [1.807, 2.05) is 27.7 Å². The van der Waals surface area contributed by atoms with Gasteiger partial charge >= 0.3 is 0 Å². The Kier molecular flexibility index (Phi) is 12.4. The summed E-state index contributed by atoms with van der Waals surface area (Å²) >= 11 is 0. The maximum Gasteiger partial charge on any atom is -0.0352 e. The van der Waals surface area contributed by atoms with Crippen LogP contribution < -0.4 is 0 Å². The van der Waals surface area contributed by atoms with Gasteiger partial charge < -0.3 is 0 Å². The Bertz CT molecular complexity index is 290. The van der Waals surface area contributed by atoms with E-state index in [1.54, 1.807) is 0 Å². The van der Waals surface area contributed by atoms with Crippen LogP contribution in [0, 0.1) is 35.0 Å². The highest BCUT2D eigenvalue weighted by Gasteiger charge is 2.32. The summed E-state index contributed by atoms with van der Waals surface area (Å²) in [5.41, 5.74) is 0.565. The first-order valence-corrected chi connectivity index (χ1v) is 11.4. The highest BCUT2D eigenvalue weighted by molar-refractivity contribution is 4.83. The molecule has 5 atom stereocenters. The van der Waals surface area contributed by atoms with E-state index >= 15 is 0 Å². The van der Waals surface area contributed by atoms with Gasteiger partial charge in [-0.1, -0.05) is 81.6 Å². The van der Waals surface area contributed by atoms with E-state index < -0.39 is 0 Å². The number of fused-ring (bicyclic) bond motifs is 1. The molecule has 2 saturated carbocycles. The standard InChI is InChI=1S/C20H38.2C2H6/c1-15-13-17(3)16(2)8-9-19-11-10-18(19)7-6-12-20(4,5)14-15;2*1-2/h15-19H,6-14H2,1-5H3;2*1-2H3. The third-order valence-electron chi connectivity index (χ3n) is 6.64. The molecule has 0 radical (unpaired) electrons. The van der Waals surface area contributed by atoms with Gasteiger partial charge in [0, 0.05) is 0 Å². The van der Waals surface area contributed by atoms with Gasteiger partial charge in [-0.05, 0) is 73.5 Å². The lowest BCUT2D eigenvalue weighted by Crippen LogP contribution is -2.27. The van der Waals surface area contributed by atoms with E-state index in [4.69, 9.17) is 0 Å². The van der Waals surface area contributed by atoms with Crippen molar-refractivity contribution in [1.29, 1.82) is 0 Å². The van der Waals surface area contributed by atoms with Gasteiger partial charge in [0.1, 0.15) is 0 Å². The molecule has 0 heteroatoms. The largest absolute Gasteiger partial charge is 0.0683 e. The predicted octanol–water partition coefficient (Wildman–Crippen LogP) is 8.74. The highest BCUT2D eigenvalue weighted by atomic mass is 14.4. The summed E-state index contributed by atoms with van der Waals surface area (Å²) in [6.45, 7) is 20.5. The van der Waals surface area contributed by atoms with Gasteiger partial charge in [0.05, 0.1) is 0 Å². The van der Waals surface area contributed by atoms with Crippen LogP contribution in [0.4, 0.5) is 0 Å². The van der Waals surface area contributed by atoms with Gasteiger partial charge in [0.2, 0.25) is 0 Å². The molecule has 2 aliphatic carbocycles. The summed E-state index contributed by atoms with van der Waals surface area (Å²) in [7, 11) is 0. The third-order valence-corrected chi connectivity index (χ3v) is 6.64. The summed E-state index contributed by atoms with van der Waals surface area (Å²) in [6, 6.07) is 0. The Balaban J connectivity index is 0.00000123. The van der Waals surface area contributed by atoms with Crippen LogP contribution in [0.25, 0.3) is 0 Å². The van der Waals surface area contributed by atoms with Gasteiger partial charge in [-0.2, -0.15) is 0 Å². The van der Waals surface area contributed by atoms with Crippen molar-refractivity contribution < 1.29 is 0 Å². The molecule has 0 aromatic heterocycles. The van der Waals surface area contributed by atoms with E-state index in [2.05, 4.69) is 34.6 Å². The molecule has 2 rings (SSSR count). The monoisotopic (exact) mass is 338 g/mol. The molecule has 0 aromatic rings. The Morgan fingerprint density at radius 2 is 1.17 bits per heavy atom. The normalized spacial score (nSPS) is 36.6. The summed E-state index contributed by atoms with van der Waals surface area (Å²) in [5, 5.41) is 0. The zero-order valence-electron chi connectivity index (χ0n) is 18.8. The van der Waals surface area contributed by atoms with Gasteiger partial charge in [-0.3, -0.25) is 0 Å². The molecule has 0 aromatic carbocycles. The fourth-order valence-corrected chi connectivity index (χ4v) is 5.00. The van der Waals surface area contributed by atoms with Crippen molar-refractivity contribution in [3.05, 3.63) is 0 Å². The minimum Gasteiger partial charge on any atom is -0.0683 e. The molecule has 0 saturated heterocycles. The molecule has 5 unspecified atom stereocenters. The summed E-state index contributed by atoms with van der Waals surface area (Å²) < 4.78 is 0. The second-order valence-electron chi connectivity index (χ2n) is 9.23. The fraction of sp³-hybridized carbons (Fsp3) is 1.00. The lowest BCUT2D eigenvalue weighted by molar-refractivity contribution is 0.132. The van der Waals surface area contributed by atoms with E-state index in [-0.39, 0.29) is 0 Å². The van der Waals surface area contributed by atoms with Crippen molar-refractivity contribution in [3.63, 3.8) is 0 Å². The maximum absolute atomic E-state index is 2.51. The average Bonchev–Trinajstić information content (AvgIpc) is 2.53. The summed E-state index contributed by atoms with van der Waals surface area (Å²) in [4.78, 5) is 0. The quantitative estimate of drug-likeness (QED) is 0.414. The molecular formula is C24H50. The molecule has 146 valence electrons. The molecule has 0 bridgehead atoms. The molecule has 0 aliphatic heterocycles. The lowest BCUT2D eigenvalue weighted by Gasteiger charge is -2.38. The van der Waals surface area contributed by atoms with Crippen molar-refractivity contribution in [1.82, 2.24) is 0 Å². The number of hydrogen-bond donors (Lipinski definition) is 0. The fourth-order valence-electron chi connectivity index (χ4n) is 5.00. The molecule has 0 nitrogen and oxygen atoms in total. The van der Waals surface area contributed by atoms with Crippen LogP contribution in [-0.4, -0.2) is 0 Å². The second kappa shape index (κ2) is 12.4. The Hall–Kier alpha value is 0. The summed E-state index contributed by atoms with van der Waals surface area (Å²) in [6.07, 6.45) is 13.4. The second-order valence-corrected chi connectivity index (χ2v) is 9.23. The molecule has 24 heavy (non-hydrogen) atoms. The van der Waals surface area contributed by atoms with Gasteiger partial charge in [0.15, 0.2) is 0 Å². The first kappa shape index (κ1) is 24.0. The average molecular weight is 339 g/mol. The molecule has 2 fully saturated rings. The van der Waals surface area contributed by atoms with Crippen molar-refractivity contribution in [2.45, 2.75) is 120 Å². The molecule has 0 N–H and O–H groups in total. The third kappa shape index (κ3) is 8.39. The van der Waals surface area contributed by atoms with Crippen molar-refractivity contribution in [2.24, 2.45) is 35.0 Å². The smallest absolute Gasteiger partial charge is 0.0352 e. The predicted molar refractivity (Wildman–Crippen MR) is 113 cm³/mol. The minimum atomic E-state index is 0.565. The topological polar surface area (TPSA) is 0 Å². The maximum atomic E-state index is 2.51. The van der Waals surface area contributed by atoms with Crippen LogP contribution in [0.1, 0.15) is 120 Å². The van der Waals surface area contributed by atoms with E-state index in [9.17, 15) is 0 Å². The first-order chi connectivity index (χ1) is 11.4. The molecule has 0 amide bonds. The van der Waals surface area contributed by atoms with Crippen LogP contribution in [0.2, 0.25) is 0 Å².